The first-order chi connectivity index (χ1) is 19.0. The van der Waals surface area contributed by atoms with E-state index in [4.69, 9.17) is 18.9 Å². The summed E-state index contributed by atoms with van der Waals surface area (Å²) < 4.78 is 58.3. The molecule has 3 saturated heterocycles. The Bertz CT molecular complexity index is 1230. The first-order valence-corrected chi connectivity index (χ1v) is 14.8. The van der Waals surface area contributed by atoms with Crippen molar-refractivity contribution in [3.63, 3.8) is 0 Å². The summed E-state index contributed by atoms with van der Waals surface area (Å²) in [4.78, 5) is 50.7. The summed E-state index contributed by atoms with van der Waals surface area (Å²) in [5.41, 5.74) is 0.602. The summed E-state index contributed by atoms with van der Waals surface area (Å²) in [5, 5.41) is 3.13. The van der Waals surface area contributed by atoms with E-state index in [-0.39, 0.29) is 54.7 Å². The van der Waals surface area contributed by atoms with Gasteiger partial charge in [0.25, 0.3) is 0 Å². The molecule has 0 radical (unpaired) electrons. The van der Waals surface area contributed by atoms with E-state index < -0.39 is 52.8 Å². The number of nitrogens with one attached hydrogen (secondary N) is 1. The molecule has 1 aromatic rings. The Kier molecular flexibility index (Phi) is 11.2. The largest absolute Gasteiger partial charge is 0.511 e. The number of nitrogens with zero attached hydrogens (tertiary/aromatic N) is 2. The molecule has 41 heavy (non-hydrogen) atoms. The van der Waals surface area contributed by atoms with Gasteiger partial charge < -0.3 is 24.3 Å². The Morgan fingerprint density at radius 2 is 1.80 bits per heavy atom. The van der Waals surface area contributed by atoms with Gasteiger partial charge in [-0.15, -0.1) is 12.4 Å². The van der Waals surface area contributed by atoms with Crippen LogP contribution < -0.4 is 10.2 Å². The quantitative estimate of drug-likeness (QED) is 0.271. The third-order valence-electron chi connectivity index (χ3n) is 7.06. The Balaban J connectivity index is 0.00000462. The van der Waals surface area contributed by atoms with Crippen LogP contribution in [-0.2, 0) is 33.6 Å². The molecular weight excluding hydrogens is 589 g/mol. The normalized spacial score (nSPS) is 20.9. The van der Waals surface area contributed by atoms with E-state index in [0.29, 0.717) is 49.2 Å². The van der Waals surface area contributed by atoms with Gasteiger partial charge in [-0.1, -0.05) is 6.07 Å². The summed E-state index contributed by atoms with van der Waals surface area (Å²) in [5.74, 6) is -1.49. The molecule has 0 aromatic heterocycles. The molecule has 16 heteroatoms. The van der Waals surface area contributed by atoms with E-state index in [1.165, 1.54) is 17.0 Å². The molecular formula is C25H33ClFN3O10S. The van der Waals surface area contributed by atoms with Crippen LogP contribution in [-0.4, -0.2) is 94.3 Å². The summed E-state index contributed by atoms with van der Waals surface area (Å²) in [6.07, 6.45) is -2.21. The van der Waals surface area contributed by atoms with Crippen molar-refractivity contribution < 1.29 is 50.9 Å². The SMILES string of the molecule is CC(=O)N(C[C@H]1CN(c2ccc(C3CCS(=O)(=O)CC3)c(F)c2)C(=O)O1)C(=O)OCOC(=O)OC1CCNCC1.Cl. The van der Waals surface area contributed by atoms with Gasteiger partial charge in [-0.05, 0) is 62.4 Å². The molecule has 3 aliphatic heterocycles. The number of carbonyl (C=O) groups excluding carboxylic acids is 4. The Labute approximate surface area is 242 Å². The zero-order chi connectivity index (χ0) is 28.9. The summed E-state index contributed by atoms with van der Waals surface area (Å²) >= 11 is 0. The van der Waals surface area contributed by atoms with Gasteiger partial charge in [0.1, 0.15) is 27.9 Å². The van der Waals surface area contributed by atoms with Crippen LogP contribution in [0, 0.1) is 5.82 Å². The Morgan fingerprint density at radius 1 is 1.12 bits per heavy atom. The van der Waals surface area contributed by atoms with Crippen molar-refractivity contribution in [1.82, 2.24) is 10.2 Å². The van der Waals surface area contributed by atoms with Crippen LogP contribution >= 0.6 is 12.4 Å². The van der Waals surface area contributed by atoms with Crippen LogP contribution in [0.1, 0.15) is 44.1 Å². The smallest absolute Gasteiger partial charge is 0.442 e. The van der Waals surface area contributed by atoms with Crippen molar-refractivity contribution in [2.24, 2.45) is 0 Å². The number of piperidine rings is 1. The lowest BCUT2D eigenvalue weighted by Crippen LogP contribution is -2.42. The lowest BCUT2D eigenvalue weighted by molar-refractivity contribution is -0.129. The van der Waals surface area contributed by atoms with Crippen molar-refractivity contribution in [3.8, 4) is 0 Å². The van der Waals surface area contributed by atoms with Gasteiger partial charge in [-0.2, -0.15) is 0 Å². The second-order valence-electron chi connectivity index (χ2n) is 9.87. The van der Waals surface area contributed by atoms with Crippen LogP contribution in [0.2, 0.25) is 0 Å². The first kappa shape index (κ1) is 32.3. The van der Waals surface area contributed by atoms with Crippen molar-refractivity contribution in [1.29, 1.82) is 0 Å². The highest BCUT2D eigenvalue weighted by Gasteiger charge is 2.37. The van der Waals surface area contributed by atoms with E-state index in [1.54, 1.807) is 6.07 Å². The molecule has 1 N–H and O–H groups in total. The summed E-state index contributed by atoms with van der Waals surface area (Å²) in [7, 11) is -3.09. The molecule has 1 atom stereocenters. The second-order valence-corrected chi connectivity index (χ2v) is 12.2. The number of halogens is 2. The molecule has 3 aliphatic rings. The molecule has 0 spiro atoms. The number of hydrogen-bond donors (Lipinski definition) is 1. The van der Waals surface area contributed by atoms with E-state index in [0.717, 1.165) is 6.92 Å². The van der Waals surface area contributed by atoms with Crippen LogP contribution in [0.3, 0.4) is 0 Å². The predicted octanol–water partition coefficient (Wildman–Crippen LogP) is 2.71. The molecule has 1 aromatic carbocycles. The van der Waals surface area contributed by atoms with Gasteiger partial charge in [-0.25, -0.2) is 32.1 Å². The monoisotopic (exact) mass is 621 g/mol. The van der Waals surface area contributed by atoms with E-state index in [2.05, 4.69) is 5.32 Å². The van der Waals surface area contributed by atoms with Gasteiger partial charge >= 0.3 is 18.3 Å². The van der Waals surface area contributed by atoms with Gasteiger partial charge in [0.05, 0.1) is 30.3 Å². The number of carbonyl (C=O) groups is 4. The second kappa shape index (κ2) is 14.1. The Hall–Kier alpha value is -3.17. The summed E-state index contributed by atoms with van der Waals surface area (Å²) in [6, 6.07) is 4.25. The van der Waals surface area contributed by atoms with Crippen molar-refractivity contribution >= 4 is 52.2 Å². The summed E-state index contributed by atoms with van der Waals surface area (Å²) in [6.45, 7) is 1.34. The number of cyclic esters (lactones) is 1. The number of amides is 3. The number of benzene rings is 1. The highest BCUT2D eigenvalue weighted by molar-refractivity contribution is 7.91. The lowest BCUT2D eigenvalue weighted by atomic mass is 9.93. The van der Waals surface area contributed by atoms with Crippen molar-refractivity contribution in [2.45, 2.75) is 50.7 Å². The number of rotatable bonds is 7. The molecule has 0 unspecified atom stereocenters. The van der Waals surface area contributed by atoms with Crippen LogP contribution in [0.4, 0.5) is 24.5 Å². The zero-order valence-corrected chi connectivity index (χ0v) is 24.0. The van der Waals surface area contributed by atoms with E-state index >= 15 is 0 Å². The van der Waals surface area contributed by atoms with E-state index in [1.807, 2.05) is 0 Å². The van der Waals surface area contributed by atoms with Crippen LogP contribution in [0.25, 0.3) is 0 Å². The number of sulfone groups is 1. The topological polar surface area (TPSA) is 158 Å². The average Bonchev–Trinajstić information content (AvgIpc) is 3.28. The standard InChI is InChI=1S/C25H32FN3O10S.ClH/c1-16(30)28(23(31)36-15-37-25(33)39-19-4-8-27-9-5-19)13-20-14-29(24(32)38-20)18-2-3-21(22(26)12-18)17-6-10-40(34,35)11-7-17;/h2-3,12,17,19-20,27H,4-11,13-15H2,1H3;1H/t20-;/m0./s1. The molecule has 3 heterocycles. The fourth-order valence-electron chi connectivity index (χ4n) is 4.87. The van der Waals surface area contributed by atoms with Gasteiger partial charge in [0.2, 0.25) is 12.7 Å². The molecule has 228 valence electrons. The third-order valence-corrected chi connectivity index (χ3v) is 8.77. The molecule has 0 saturated carbocycles. The first-order valence-electron chi connectivity index (χ1n) is 13.0. The van der Waals surface area contributed by atoms with Crippen molar-refractivity contribution in [3.05, 3.63) is 29.6 Å². The molecule has 0 bridgehead atoms. The Morgan fingerprint density at radius 3 is 2.44 bits per heavy atom. The zero-order valence-electron chi connectivity index (χ0n) is 22.4. The minimum atomic E-state index is -3.09. The molecule has 4 rings (SSSR count). The van der Waals surface area contributed by atoms with Crippen molar-refractivity contribution in [2.75, 3.05) is 49.4 Å². The molecule has 13 nitrogen and oxygen atoms in total. The lowest BCUT2D eigenvalue weighted by Gasteiger charge is -2.23. The minimum absolute atomic E-state index is 0. The number of ether oxygens (including phenoxy) is 4. The predicted molar refractivity (Wildman–Crippen MR) is 144 cm³/mol. The molecule has 3 fully saturated rings. The number of anilines is 1. The minimum Gasteiger partial charge on any atom is -0.442 e. The molecule has 0 aliphatic carbocycles. The van der Waals surface area contributed by atoms with Gasteiger partial charge in [0, 0.05) is 6.92 Å². The van der Waals surface area contributed by atoms with Gasteiger partial charge in [-0.3, -0.25) is 9.69 Å². The maximum Gasteiger partial charge on any atom is 0.511 e. The number of hydrogen-bond acceptors (Lipinski definition) is 11. The fraction of sp³-hybridized carbons (Fsp3) is 0.600. The highest BCUT2D eigenvalue weighted by Crippen LogP contribution is 2.33. The number of imide groups is 1. The average molecular weight is 622 g/mol. The molecule has 3 amide bonds. The van der Waals surface area contributed by atoms with E-state index in [9.17, 15) is 32.0 Å². The third kappa shape index (κ3) is 8.66. The van der Waals surface area contributed by atoms with Gasteiger partial charge in [0.15, 0.2) is 0 Å². The highest BCUT2D eigenvalue weighted by atomic mass is 35.5. The maximum atomic E-state index is 14.9. The fourth-order valence-corrected chi connectivity index (χ4v) is 6.36. The van der Waals surface area contributed by atoms with Crippen LogP contribution in [0.5, 0.6) is 0 Å². The maximum absolute atomic E-state index is 14.9. The van der Waals surface area contributed by atoms with Crippen LogP contribution in [0.15, 0.2) is 18.2 Å².